The Labute approximate surface area is 98.3 Å². The summed E-state index contributed by atoms with van der Waals surface area (Å²) in [6.45, 7) is 0. The molecule has 0 saturated carbocycles. The summed E-state index contributed by atoms with van der Waals surface area (Å²) < 4.78 is 26.1. The highest BCUT2D eigenvalue weighted by Crippen LogP contribution is 2.21. The van der Waals surface area contributed by atoms with Crippen molar-refractivity contribution in [3.63, 3.8) is 0 Å². The molecule has 0 heterocycles. The van der Waals surface area contributed by atoms with Gasteiger partial charge < -0.3 is 5.11 Å². The third-order valence-electron chi connectivity index (χ3n) is 2.09. The Bertz CT molecular complexity index is 453. The molecule has 0 aromatic heterocycles. The van der Waals surface area contributed by atoms with Gasteiger partial charge in [0.05, 0.1) is 6.04 Å². The molecule has 2 unspecified atom stereocenters. The lowest BCUT2D eigenvalue weighted by Crippen LogP contribution is -2.24. The molecule has 0 amide bonds. The van der Waals surface area contributed by atoms with Gasteiger partial charge in [-0.25, -0.2) is 8.78 Å². The van der Waals surface area contributed by atoms with E-state index in [1.54, 1.807) is 0 Å². The maximum Gasteiger partial charge on any atom is 0.310 e. The first-order valence-corrected chi connectivity index (χ1v) is 5.19. The Morgan fingerprint density at radius 3 is 2.53 bits per heavy atom. The summed E-state index contributed by atoms with van der Waals surface area (Å²) in [4.78, 5) is 21.9. The number of halogens is 2. The number of benzene rings is 1. The van der Waals surface area contributed by atoms with Crippen molar-refractivity contribution < 1.29 is 23.5 Å². The van der Waals surface area contributed by atoms with Gasteiger partial charge in [0, 0.05) is 11.6 Å². The van der Waals surface area contributed by atoms with Crippen molar-refractivity contribution in [2.24, 2.45) is 0 Å². The zero-order valence-electron chi connectivity index (χ0n) is 8.61. The Balaban J connectivity index is 3.01. The summed E-state index contributed by atoms with van der Waals surface area (Å²) in [5, 5.41) is 10.9. The number of carbonyl (C=O) groups excluding carboxylic acids is 1. The third kappa shape index (κ3) is 3.54. The van der Waals surface area contributed by atoms with Crippen molar-refractivity contribution in [2.45, 2.75) is 12.5 Å². The van der Waals surface area contributed by atoms with Gasteiger partial charge in [-0.05, 0) is 6.07 Å². The fourth-order valence-electron chi connectivity index (χ4n) is 1.34. The third-order valence-corrected chi connectivity index (χ3v) is 2.42. The number of hydrogen-bond acceptors (Lipinski definition) is 3. The summed E-state index contributed by atoms with van der Waals surface area (Å²) in [5.74, 6) is -3.68. The summed E-state index contributed by atoms with van der Waals surface area (Å²) >= 11 is 0. The van der Waals surface area contributed by atoms with Crippen LogP contribution in [0.15, 0.2) is 18.2 Å². The van der Waals surface area contributed by atoms with E-state index >= 15 is 0 Å². The normalized spacial score (nSPS) is 12.2. The van der Waals surface area contributed by atoms with Crippen molar-refractivity contribution >= 4 is 21.1 Å². The molecule has 1 aromatic rings. The Morgan fingerprint density at radius 1 is 1.41 bits per heavy atom. The van der Waals surface area contributed by atoms with Crippen LogP contribution in [-0.2, 0) is 9.59 Å². The van der Waals surface area contributed by atoms with Gasteiger partial charge in [0.2, 0.25) is 0 Å². The van der Waals surface area contributed by atoms with E-state index < -0.39 is 35.8 Å². The lowest BCUT2D eigenvalue weighted by molar-refractivity contribution is -0.140. The second-order valence-corrected chi connectivity index (χ2v) is 3.64. The van der Waals surface area contributed by atoms with Crippen LogP contribution in [-0.4, -0.2) is 16.9 Å². The number of Topliss-reactive ketones (excluding diaryl/α,β-unsaturated/α-hetero) is 1. The molecule has 0 aliphatic heterocycles. The molecule has 92 valence electrons. The zero-order valence-corrected chi connectivity index (χ0v) is 9.77. The van der Waals surface area contributed by atoms with E-state index in [0.717, 1.165) is 12.1 Å². The Kier molecular flexibility index (Phi) is 4.66. The molecule has 17 heavy (non-hydrogen) atoms. The van der Waals surface area contributed by atoms with Crippen LogP contribution >= 0.6 is 9.39 Å². The van der Waals surface area contributed by atoms with Gasteiger partial charge in [-0.2, -0.15) is 0 Å². The van der Waals surface area contributed by atoms with E-state index in [4.69, 9.17) is 5.11 Å². The summed E-state index contributed by atoms with van der Waals surface area (Å²) in [6, 6.07) is 1.61. The quantitative estimate of drug-likeness (QED) is 0.621. The number of carboxylic acids is 1. The maximum absolute atomic E-state index is 13.4. The van der Waals surface area contributed by atoms with Crippen molar-refractivity contribution in [1.29, 1.82) is 0 Å². The first-order valence-electron chi connectivity index (χ1n) is 4.61. The molecule has 0 bridgehead atoms. The van der Waals surface area contributed by atoms with Gasteiger partial charge >= 0.3 is 5.97 Å². The van der Waals surface area contributed by atoms with Crippen LogP contribution in [0.4, 0.5) is 8.78 Å². The van der Waals surface area contributed by atoms with Crippen molar-refractivity contribution in [1.82, 2.24) is 5.09 Å². The Morgan fingerprint density at radius 2 is 2.06 bits per heavy atom. The molecule has 0 radical (unpaired) electrons. The highest BCUT2D eigenvalue weighted by Gasteiger charge is 2.23. The molecule has 1 rings (SSSR count). The molecule has 2 N–H and O–H groups in total. The molecule has 0 aliphatic rings. The second-order valence-electron chi connectivity index (χ2n) is 3.30. The number of rotatable bonds is 5. The molecule has 0 aliphatic carbocycles. The Hall–Kier alpha value is -1.39. The van der Waals surface area contributed by atoms with Crippen molar-refractivity contribution in [3.8, 4) is 0 Å². The molecular weight excluding hydrogens is 251 g/mol. The smallest absolute Gasteiger partial charge is 0.310 e. The lowest BCUT2D eigenvalue weighted by atomic mass is 10.0. The van der Waals surface area contributed by atoms with E-state index in [-0.39, 0.29) is 5.56 Å². The van der Waals surface area contributed by atoms with Crippen LogP contribution in [0.1, 0.15) is 18.0 Å². The van der Waals surface area contributed by atoms with E-state index in [2.05, 4.69) is 5.09 Å². The predicted octanol–water partition coefficient (Wildman–Crippen LogP) is 1.43. The summed E-state index contributed by atoms with van der Waals surface area (Å²) in [6.07, 6.45) is -0.733. The maximum atomic E-state index is 13.4. The fourth-order valence-corrected chi connectivity index (χ4v) is 1.71. The molecule has 4 nitrogen and oxygen atoms in total. The summed E-state index contributed by atoms with van der Waals surface area (Å²) in [7, 11) is 2.01. The number of nitrogens with one attached hydrogen (secondary N) is 1. The molecule has 7 heteroatoms. The van der Waals surface area contributed by atoms with E-state index in [1.807, 2.05) is 9.39 Å². The van der Waals surface area contributed by atoms with Gasteiger partial charge in [0.1, 0.15) is 18.1 Å². The van der Waals surface area contributed by atoms with E-state index in [0.29, 0.717) is 6.07 Å². The van der Waals surface area contributed by atoms with Gasteiger partial charge in [0.25, 0.3) is 0 Å². The fraction of sp³-hybridized carbons (Fsp3) is 0.200. The lowest BCUT2D eigenvalue weighted by Gasteiger charge is -2.14. The molecule has 2 atom stereocenters. The number of carbonyl (C=O) groups is 2. The van der Waals surface area contributed by atoms with Crippen LogP contribution in [0.3, 0.4) is 0 Å². The van der Waals surface area contributed by atoms with E-state index in [1.165, 1.54) is 0 Å². The molecule has 0 spiro atoms. The largest absolute Gasteiger partial charge is 0.481 e. The molecule has 1 aromatic carbocycles. The standard InChI is InChI=1S/C10H10F2NO3P/c11-5-1-2-6(7(12)3-5)10(13-17)8(14)4-9(15)16/h1-3,10,13H,4,17H2,(H,15,16). The molecular formula is C10H10F2NO3P. The second kappa shape index (κ2) is 5.80. The van der Waals surface area contributed by atoms with Gasteiger partial charge in [-0.3, -0.25) is 14.7 Å². The van der Waals surface area contributed by atoms with Crippen molar-refractivity contribution in [2.75, 3.05) is 0 Å². The van der Waals surface area contributed by atoms with Crippen LogP contribution < -0.4 is 5.09 Å². The van der Waals surface area contributed by atoms with E-state index in [9.17, 15) is 18.4 Å². The minimum atomic E-state index is -1.30. The van der Waals surface area contributed by atoms with Gasteiger partial charge in [-0.1, -0.05) is 15.5 Å². The van der Waals surface area contributed by atoms with Gasteiger partial charge in [-0.15, -0.1) is 0 Å². The summed E-state index contributed by atoms with van der Waals surface area (Å²) in [5.41, 5.74) is -0.0901. The first-order chi connectivity index (χ1) is 7.95. The monoisotopic (exact) mass is 261 g/mol. The van der Waals surface area contributed by atoms with Crippen LogP contribution in [0, 0.1) is 11.6 Å². The number of hydrogen-bond donors (Lipinski definition) is 2. The average Bonchev–Trinajstić information content (AvgIpc) is 2.21. The highest BCUT2D eigenvalue weighted by atomic mass is 31.0. The van der Waals surface area contributed by atoms with Crippen LogP contribution in [0.5, 0.6) is 0 Å². The average molecular weight is 261 g/mol. The molecule has 0 saturated heterocycles. The van der Waals surface area contributed by atoms with Crippen molar-refractivity contribution in [3.05, 3.63) is 35.4 Å². The minimum absolute atomic E-state index is 0.0901. The number of aliphatic carboxylic acids is 1. The van der Waals surface area contributed by atoms with Crippen LogP contribution in [0.25, 0.3) is 0 Å². The van der Waals surface area contributed by atoms with Crippen LogP contribution in [0.2, 0.25) is 0 Å². The predicted molar refractivity (Wildman–Crippen MR) is 59.2 cm³/mol. The first kappa shape index (κ1) is 13.7. The van der Waals surface area contributed by atoms with Gasteiger partial charge in [0.15, 0.2) is 5.78 Å². The number of ketones is 1. The molecule has 0 fully saturated rings. The minimum Gasteiger partial charge on any atom is -0.481 e. The zero-order chi connectivity index (χ0) is 13.0. The number of carboxylic acid groups (broad SMARTS) is 1. The SMILES string of the molecule is O=C(O)CC(=O)C(NP)c1ccc(F)cc1F. The topological polar surface area (TPSA) is 66.4 Å². The highest BCUT2D eigenvalue weighted by molar-refractivity contribution is 7.13.